The monoisotopic (exact) mass is 285 g/mol. The number of hydrogen-bond acceptors (Lipinski definition) is 5. The molecule has 0 radical (unpaired) electrons. The molecule has 0 aliphatic carbocycles. The molecule has 1 aromatic heterocycles. The van der Waals surface area contributed by atoms with E-state index in [1.54, 1.807) is 4.90 Å². The number of rotatable bonds is 3. The standard InChI is InChI=1S/C14H11N3O4/c18-14(19)10-7-12(17(20)21)13(15-8-10)16-6-5-9-3-1-2-4-11(9)16/h1-4,7-8H,5-6H2,(H,18,19). The summed E-state index contributed by atoms with van der Waals surface area (Å²) in [5, 5.41) is 20.1. The van der Waals surface area contributed by atoms with E-state index in [9.17, 15) is 14.9 Å². The van der Waals surface area contributed by atoms with Gasteiger partial charge in [-0.25, -0.2) is 9.78 Å². The molecule has 7 nitrogen and oxygen atoms in total. The summed E-state index contributed by atoms with van der Waals surface area (Å²) in [4.78, 5) is 27.3. The van der Waals surface area contributed by atoms with Crippen molar-refractivity contribution in [1.82, 2.24) is 4.98 Å². The number of carbonyl (C=O) groups is 1. The van der Waals surface area contributed by atoms with Crippen LogP contribution in [-0.2, 0) is 6.42 Å². The molecule has 1 aliphatic rings. The van der Waals surface area contributed by atoms with Gasteiger partial charge in [-0.15, -0.1) is 0 Å². The van der Waals surface area contributed by atoms with Crippen LogP contribution in [0.25, 0.3) is 0 Å². The van der Waals surface area contributed by atoms with Crippen molar-refractivity contribution in [3.8, 4) is 0 Å². The van der Waals surface area contributed by atoms with Gasteiger partial charge in [-0.2, -0.15) is 0 Å². The summed E-state index contributed by atoms with van der Waals surface area (Å²) in [7, 11) is 0. The van der Waals surface area contributed by atoms with Crippen molar-refractivity contribution in [3.05, 3.63) is 57.8 Å². The van der Waals surface area contributed by atoms with Crippen LogP contribution in [-0.4, -0.2) is 27.5 Å². The van der Waals surface area contributed by atoms with Crippen molar-refractivity contribution >= 4 is 23.2 Å². The van der Waals surface area contributed by atoms with Crippen LogP contribution in [0.15, 0.2) is 36.5 Å². The largest absolute Gasteiger partial charge is 0.478 e. The molecule has 1 N–H and O–H groups in total. The molecular weight excluding hydrogens is 274 g/mol. The first kappa shape index (κ1) is 13.0. The fourth-order valence-corrected chi connectivity index (χ4v) is 2.46. The Morgan fingerprint density at radius 2 is 2.14 bits per heavy atom. The van der Waals surface area contributed by atoms with Crippen LogP contribution in [0.4, 0.5) is 17.2 Å². The lowest BCUT2D eigenvalue weighted by Crippen LogP contribution is -2.17. The van der Waals surface area contributed by atoms with E-state index in [4.69, 9.17) is 5.11 Å². The zero-order valence-corrected chi connectivity index (χ0v) is 10.9. The van der Waals surface area contributed by atoms with Gasteiger partial charge in [0.25, 0.3) is 0 Å². The average molecular weight is 285 g/mol. The van der Waals surface area contributed by atoms with Crippen molar-refractivity contribution in [3.63, 3.8) is 0 Å². The first-order valence-corrected chi connectivity index (χ1v) is 6.31. The van der Waals surface area contributed by atoms with E-state index in [1.807, 2.05) is 24.3 Å². The number of benzene rings is 1. The SMILES string of the molecule is O=C(O)c1cnc(N2CCc3ccccc32)c([N+](=O)[O-])c1. The third-order valence-electron chi connectivity index (χ3n) is 3.43. The number of anilines is 2. The third kappa shape index (κ3) is 2.18. The molecule has 0 saturated heterocycles. The Morgan fingerprint density at radius 3 is 2.86 bits per heavy atom. The number of hydrogen-bond donors (Lipinski definition) is 1. The maximum atomic E-state index is 11.2. The molecule has 0 saturated carbocycles. The van der Waals surface area contributed by atoms with E-state index >= 15 is 0 Å². The lowest BCUT2D eigenvalue weighted by molar-refractivity contribution is -0.384. The zero-order chi connectivity index (χ0) is 15.0. The van der Waals surface area contributed by atoms with Crippen LogP contribution in [0.1, 0.15) is 15.9 Å². The Morgan fingerprint density at radius 1 is 1.38 bits per heavy atom. The molecule has 0 unspecified atom stereocenters. The van der Waals surface area contributed by atoms with E-state index in [0.717, 1.165) is 29.9 Å². The van der Waals surface area contributed by atoms with Crippen molar-refractivity contribution in [2.24, 2.45) is 0 Å². The topological polar surface area (TPSA) is 96.6 Å². The number of aromatic carboxylic acids is 1. The number of nitro groups is 1. The van der Waals surface area contributed by atoms with E-state index in [2.05, 4.69) is 4.98 Å². The molecule has 0 bridgehead atoms. The molecular formula is C14H11N3O4. The minimum Gasteiger partial charge on any atom is -0.478 e. The highest BCUT2D eigenvalue weighted by atomic mass is 16.6. The van der Waals surface area contributed by atoms with Crippen LogP contribution >= 0.6 is 0 Å². The molecule has 7 heteroatoms. The van der Waals surface area contributed by atoms with Gasteiger partial charge >= 0.3 is 11.7 Å². The predicted octanol–water partition coefficient (Wildman–Crippen LogP) is 2.38. The summed E-state index contributed by atoms with van der Waals surface area (Å²) in [5.41, 5.74) is 1.47. The fraction of sp³-hybridized carbons (Fsp3) is 0.143. The van der Waals surface area contributed by atoms with Gasteiger partial charge in [-0.05, 0) is 18.1 Å². The number of fused-ring (bicyclic) bond motifs is 1. The van der Waals surface area contributed by atoms with Gasteiger partial charge in [0.15, 0.2) is 0 Å². The highest BCUT2D eigenvalue weighted by Crippen LogP contribution is 2.37. The first-order valence-electron chi connectivity index (χ1n) is 6.31. The minimum absolute atomic E-state index is 0.176. The quantitative estimate of drug-likeness (QED) is 0.687. The number of nitrogens with zero attached hydrogens (tertiary/aromatic N) is 3. The highest BCUT2D eigenvalue weighted by Gasteiger charge is 2.28. The molecule has 1 aromatic carbocycles. The molecule has 21 heavy (non-hydrogen) atoms. The Bertz CT molecular complexity index is 745. The van der Waals surface area contributed by atoms with Gasteiger partial charge in [-0.3, -0.25) is 10.1 Å². The summed E-state index contributed by atoms with van der Waals surface area (Å²) < 4.78 is 0. The van der Waals surface area contributed by atoms with E-state index in [1.165, 1.54) is 0 Å². The smallest absolute Gasteiger partial charge is 0.337 e. The van der Waals surface area contributed by atoms with Crippen LogP contribution in [0.5, 0.6) is 0 Å². The summed E-state index contributed by atoms with van der Waals surface area (Å²) in [5.74, 6) is -1.06. The average Bonchev–Trinajstić information content (AvgIpc) is 2.90. The van der Waals surface area contributed by atoms with Crippen molar-refractivity contribution < 1.29 is 14.8 Å². The second kappa shape index (κ2) is 4.86. The Kier molecular flexibility index (Phi) is 3.02. The summed E-state index contributed by atoms with van der Waals surface area (Å²) in [6.07, 6.45) is 1.92. The number of carboxylic acid groups (broad SMARTS) is 1. The Hall–Kier alpha value is -2.96. The molecule has 0 fully saturated rings. The van der Waals surface area contributed by atoms with Crippen LogP contribution in [0.2, 0.25) is 0 Å². The fourth-order valence-electron chi connectivity index (χ4n) is 2.46. The molecule has 106 valence electrons. The molecule has 2 aromatic rings. The maximum absolute atomic E-state index is 11.2. The van der Waals surface area contributed by atoms with Crippen LogP contribution in [0.3, 0.4) is 0 Å². The molecule has 0 atom stereocenters. The van der Waals surface area contributed by atoms with Crippen molar-refractivity contribution in [2.45, 2.75) is 6.42 Å². The number of carboxylic acids is 1. The number of para-hydroxylation sites is 1. The molecule has 3 rings (SSSR count). The lowest BCUT2D eigenvalue weighted by atomic mass is 10.2. The van der Waals surface area contributed by atoms with E-state index < -0.39 is 10.9 Å². The minimum atomic E-state index is -1.24. The van der Waals surface area contributed by atoms with Crippen LogP contribution < -0.4 is 4.90 Å². The first-order chi connectivity index (χ1) is 10.1. The van der Waals surface area contributed by atoms with Crippen molar-refractivity contribution in [2.75, 3.05) is 11.4 Å². The third-order valence-corrected chi connectivity index (χ3v) is 3.43. The lowest BCUT2D eigenvalue weighted by Gasteiger charge is -2.18. The van der Waals surface area contributed by atoms with Gasteiger partial charge in [0.2, 0.25) is 5.82 Å². The van der Waals surface area contributed by atoms with E-state index in [0.29, 0.717) is 6.54 Å². The number of aromatic nitrogens is 1. The van der Waals surface area contributed by atoms with Gasteiger partial charge < -0.3 is 10.0 Å². The predicted molar refractivity (Wildman–Crippen MR) is 75.0 cm³/mol. The van der Waals surface area contributed by atoms with Gasteiger partial charge in [0, 0.05) is 24.5 Å². The Balaban J connectivity index is 2.11. The summed E-state index contributed by atoms with van der Waals surface area (Å²) >= 11 is 0. The highest BCUT2D eigenvalue weighted by molar-refractivity contribution is 5.89. The molecule has 1 aliphatic heterocycles. The molecule has 0 spiro atoms. The summed E-state index contributed by atoms with van der Waals surface area (Å²) in [6, 6.07) is 8.66. The normalized spacial score (nSPS) is 13.0. The molecule has 0 amide bonds. The van der Waals surface area contributed by atoms with Gasteiger partial charge in [0.1, 0.15) is 0 Å². The van der Waals surface area contributed by atoms with E-state index in [-0.39, 0.29) is 17.1 Å². The molecule has 2 heterocycles. The Labute approximate surface area is 119 Å². The van der Waals surface area contributed by atoms with Crippen LogP contribution in [0, 0.1) is 10.1 Å². The second-order valence-corrected chi connectivity index (χ2v) is 4.66. The second-order valence-electron chi connectivity index (χ2n) is 4.66. The maximum Gasteiger partial charge on any atom is 0.337 e. The van der Waals surface area contributed by atoms with Crippen molar-refractivity contribution in [1.29, 1.82) is 0 Å². The number of pyridine rings is 1. The van der Waals surface area contributed by atoms with Gasteiger partial charge in [0.05, 0.1) is 10.5 Å². The van der Waals surface area contributed by atoms with Gasteiger partial charge in [-0.1, -0.05) is 18.2 Å². The zero-order valence-electron chi connectivity index (χ0n) is 10.9. The summed E-state index contributed by atoms with van der Waals surface area (Å²) in [6.45, 7) is 0.583.